The molecule has 3 nitrogen and oxygen atoms in total. The van der Waals surface area contributed by atoms with Gasteiger partial charge in [0.1, 0.15) is 5.82 Å². The zero-order chi connectivity index (χ0) is 20.8. The molecule has 1 aliphatic rings. The Morgan fingerprint density at radius 2 is 1.74 bits per heavy atom. The Bertz CT molecular complexity index is 491. The van der Waals surface area contributed by atoms with Gasteiger partial charge in [0, 0.05) is 6.04 Å². The quantitative estimate of drug-likeness (QED) is 0.695. The summed E-state index contributed by atoms with van der Waals surface area (Å²) in [5.74, 6) is -0.119. The van der Waals surface area contributed by atoms with E-state index in [2.05, 4.69) is 38.0 Å². The average molecular weight is 387 g/mol. The summed E-state index contributed by atoms with van der Waals surface area (Å²) >= 11 is 0. The summed E-state index contributed by atoms with van der Waals surface area (Å²) < 4.78 is 22.3. The van der Waals surface area contributed by atoms with Crippen molar-refractivity contribution in [1.82, 2.24) is 10.2 Å². The van der Waals surface area contributed by atoms with Crippen molar-refractivity contribution in [3.8, 4) is 0 Å². The number of nitrogens with zero attached hydrogens (tertiary/aromatic N) is 1. The Balaban J connectivity index is 0.000000460. The number of nitrogens with one attached hydrogen (secondary N) is 1. The molecular weight excluding hydrogens is 346 g/mol. The SMILES string of the molecule is CCCc1ccc(F)cc1CC.CF.CNC(C)N(C)C1CCC(O)CC1. The minimum Gasteiger partial charge on any atom is -0.393 e. The number of hydrogen-bond acceptors (Lipinski definition) is 3. The lowest BCUT2D eigenvalue weighted by Gasteiger charge is -2.36. The molecule has 27 heavy (non-hydrogen) atoms. The summed E-state index contributed by atoms with van der Waals surface area (Å²) in [6.45, 7) is 6.38. The van der Waals surface area contributed by atoms with Crippen LogP contribution < -0.4 is 5.32 Å². The summed E-state index contributed by atoms with van der Waals surface area (Å²) in [5, 5.41) is 12.6. The minimum absolute atomic E-state index is 0.0467. The lowest BCUT2D eigenvalue weighted by atomic mass is 9.92. The Kier molecular flexibility index (Phi) is 14.4. The molecule has 0 saturated heterocycles. The highest BCUT2D eigenvalue weighted by atomic mass is 19.1. The first-order valence-corrected chi connectivity index (χ1v) is 10.1. The predicted octanol–water partition coefficient (Wildman–Crippen LogP) is 4.71. The second-order valence-electron chi connectivity index (χ2n) is 7.11. The molecule has 5 heteroatoms. The topological polar surface area (TPSA) is 35.5 Å². The smallest absolute Gasteiger partial charge is 0.123 e. The van der Waals surface area contributed by atoms with Gasteiger partial charge in [0.2, 0.25) is 0 Å². The van der Waals surface area contributed by atoms with Crippen LogP contribution in [-0.2, 0) is 12.8 Å². The number of alkyl halides is 1. The summed E-state index contributed by atoms with van der Waals surface area (Å²) in [6.07, 6.45) is 7.68. The van der Waals surface area contributed by atoms with E-state index < -0.39 is 0 Å². The molecule has 1 aliphatic carbocycles. The molecule has 0 aromatic heterocycles. The molecule has 0 aliphatic heterocycles. The van der Waals surface area contributed by atoms with Crippen molar-refractivity contribution in [3.63, 3.8) is 0 Å². The molecule has 1 unspecified atom stereocenters. The van der Waals surface area contributed by atoms with Gasteiger partial charge >= 0.3 is 0 Å². The molecule has 0 spiro atoms. The van der Waals surface area contributed by atoms with E-state index in [9.17, 15) is 13.9 Å². The van der Waals surface area contributed by atoms with Gasteiger partial charge in [-0.15, -0.1) is 0 Å². The van der Waals surface area contributed by atoms with Gasteiger partial charge in [0.15, 0.2) is 0 Å². The van der Waals surface area contributed by atoms with Crippen molar-refractivity contribution >= 4 is 0 Å². The van der Waals surface area contributed by atoms with Crippen LogP contribution in [0.4, 0.5) is 8.78 Å². The van der Waals surface area contributed by atoms with E-state index in [1.165, 1.54) is 5.56 Å². The van der Waals surface area contributed by atoms with Gasteiger partial charge in [0.25, 0.3) is 0 Å². The second-order valence-corrected chi connectivity index (χ2v) is 7.11. The van der Waals surface area contributed by atoms with Crippen LogP contribution in [-0.4, -0.2) is 49.6 Å². The van der Waals surface area contributed by atoms with E-state index in [0.717, 1.165) is 50.5 Å². The fourth-order valence-corrected chi connectivity index (χ4v) is 3.42. The average Bonchev–Trinajstić information content (AvgIpc) is 2.71. The number of rotatable bonds is 6. The minimum atomic E-state index is -0.119. The Labute approximate surface area is 165 Å². The molecular formula is C22H40F2N2O. The first-order chi connectivity index (χ1) is 12.9. The molecule has 0 radical (unpaired) electrons. The molecule has 0 amide bonds. The zero-order valence-electron chi connectivity index (χ0n) is 18.1. The standard InChI is InChI=1S/C11H15F.C10H22N2O.CH3F/c1-3-5-10-6-7-11(12)8-9(10)4-2;1-8(11-2)12(3)9-4-6-10(13)7-5-9;1-2/h6-8H,3-5H2,1-2H3;8-11,13H,4-7H2,1-3H3;1H3. The largest absolute Gasteiger partial charge is 0.393 e. The molecule has 1 atom stereocenters. The third-order valence-electron chi connectivity index (χ3n) is 5.34. The van der Waals surface area contributed by atoms with Crippen LogP contribution in [0.5, 0.6) is 0 Å². The molecule has 1 aromatic carbocycles. The maximum absolute atomic E-state index is 12.8. The monoisotopic (exact) mass is 386 g/mol. The third-order valence-corrected chi connectivity index (χ3v) is 5.34. The number of hydrogen-bond donors (Lipinski definition) is 2. The van der Waals surface area contributed by atoms with Crippen LogP contribution in [0.25, 0.3) is 0 Å². The van der Waals surface area contributed by atoms with Gasteiger partial charge in [-0.2, -0.15) is 0 Å². The molecule has 158 valence electrons. The van der Waals surface area contributed by atoms with Crippen LogP contribution in [0, 0.1) is 5.82 Å². The van der Waals surface area contributed by atoms with Crippen molar-refractivity contribution in [1.29, 1.82) is 0 Å². The van der Waals surface area contributed by atoms with E-state index in [-0.39, 0.29) is 11.9 Å². The number of aryl methyl sites for hydroxylation is 2. The van der Waals surface area contributed by atoms with Gasteiger partial charge < -0.3 is 10.4 Å². The second kappa shape index (κ2) is 14.9. The fraction of sp³-hybridized carbons (Fsp3) is 0.727. The molecule has 1 fully saturated rings. The highest BCUT2D eigenvalue weighted by Crippen LogP contribution is 2.22. The Morgan fingerprint density at radius 1 is 1.15 bits per heavy atom. The van der Waals surface area contributed by atoms with Crippen molar-refractivity contribution in [2.75, 3.05) is 21.3 Å². The van der Waals surface area contributed by atoms with Gasteiger partial charge in [-0.25, -0.2) is 4.39 Å². The first kappa shape index (κ1) is 26.0. The number of halogens is 2. The fourth-order valence-electron chi connectivity index (χ4n) is 3.42. The van der Waals surface area contributed by atoms with Gasteiger partial charge in [0.05, 0.1) is 19.4 Å². The van der Waals surface area contributed by atoms with E-state index in [0.29, 0.717) is 19.4 Å². The normalized spacial score (nSPS) is 20.2. The maximum Gasteiger partial charge on any atom is 0.123 e. The van der Waals surface area contributed by atoms with E-state index in [1.54, 1.807) is 12.1 Å². The molecule has 0 heterocycles. The Morgan fingerprint density at radius 3 is 2.22 bits per heavy atom. The van der Waals surface area contributed by atoms with Crippen molar-refractivity contribution < 1.29 is 13.9 Å². The predicted molar refractivity (Wildman–Crippen MR) is 111 cm³/mol. The van der Waals surface area contributed by atoms with Crippen molar-refractivity contribution in [2.24, 2.45) is 0 Å². The lowest BCUT2D eigenvalue weighted by molar-refractivity contribution is 0.0647. The molecule has 1 aromatic rings. The lowest BCUT2D eigenvalue weighted by Crippen LogP contribution is -2.47. The van der Waals surface area contributed by atoms with Crippen LogP contribution >= 0.6 is 0 Å². The van der Waals surface area contributed by atoms with Crippen molar-refractivity contribution in [2.45, 2.75) is 84.0 Å². The van der Waals surface area contributed by atoms with Crippen LogP contribution in [0.3, 0.4) is 0 Å². The maximum atomic E-state index is 12.8. The molecule has 0 bridgehead atoms. The van der Waals surface area contributed by atoms with E-state index in [4.69, 9.17) is 0 Å². The highest BCUT2D eigenvalue weighted by molar-refractivity contribution is 5.27. The summed E-state index contributed by atoms with van der Waals surface area (Å²) in [4.78, 5) is 2.37. The summed E-state index contributed by atoms with van der Waals surface area (Å²) in [6, 6.07) is 5.73. The molecule has 2 N–H and O–H groups in total. The summed E-state index contributed by atoms with van der Waals surface area (Å²) in [5.41, 5.74) is 2.44. The van der Waals surface area contributed by atoms with Crippen LogP contribution in [0.2, 0.25) is 0 Å². The van der Waals surface area contributed by atoms with Gasteiger partial charge in [-0.3, -0.25) is 9.29 Å². The van der Waals surface area contributed by atoms with E-state index in [1.807, 2.05) is 13.1 Å². The number of aliphatic hydroxyl groups is 1. The van der Waals surface area contributed by atoms with Gasteiger partial charge in [-0.05, 0) is 82.8 Å². The van der Waals surface area contributed by atoms with Crippen LogP contribution in [0.15, 0.2) is 18.2 Å². The summed E-state index contributed by atoms with van der Waals surface area (Å²) in [7, 11) is 4.64. The molecule has 1 saturated carbocycles. The van der Waals surface area contributed by atoms with E-state index >= 15 is 0 Å². The number of aliphatic hydroxyl groups excluding tert-OH is 1. The zero-order valence-corrected chi connectivity index (χ0v) is 18.1. The number of benzene rings is 1. The van der Waals surface area contributed by atoms with Gasteiger partial charge in [-0.1, -0.05) is 26.3 Å². The van der Waals surface area contributed by atoms with Crippen molar-refractivity contribution in [3.05, 3.63) is 35.1 Å². The Hall–Kier alpha value is -1.04. The first-order valence-electron chi connectivity index (χ1n) is 10.1. The molecule has 2 rings (SSSR count). The van der Waals surface area contributed by atoms with Crippen LogP contribution in [0.1, 0.15) is 64.0 Å². The third kappa shape index (κ3) is 9.63. The highest BCUT2D eigenvalue weighted by Gasteiger charge is 2.24.